The van der Waals surface area contributed by atoms with Gasteiger partial charge in [0.15, 0.2) is 0 Å². The number of Topliss-reactive ketones (excluding diaryl/α,β-unsaturated/α-hetero) is 2. The second-order valence-electron chi connectivity index (χ2n) is 9.60. The van der Waals surface area contributed by atoms with E-state index in [0.717, 1.165) is 46.8 Å². The SMILES string of the molecule is CCC(C)C(=O)C(CCC(C)=O)c1coc2ccc3nc(OCCCN4CCCC4)ccc3c12. The molecule has 2 aromatic heterocycles. The van der Waals surface area contributed by atoms with Crippen LogP contribution in [0, 0.1) is 5.92 Å². The molecule has 2 unspecified atom stereocenters. The number of carbonyl (C=O) groups is 2. The van der Waals surface area contributed by atoms with Crippen LogP contribution in [0.15, 0.2) is 34.9 Å². The predicted molar refractivity (Wildman–Crippen MR) is 134 cm³/mol. The van der Waals surface area contributed by atoms with E-state index in [2.05, 4.69) is 4.90 Å². The van der Waals surface area contributed by atoms with Crippen molar-refractivity contribution in [2.45, 2.75) is 65.2 Å². The fraction of sp³-hybridized carbons (Fsp3) is 0.536. The van der Waals surface area contributed by atoms with Gasteiger partial charge in [-0.3, -0.25) is 4.79 Å². The molecule has 0 bridgehead atoms. The smallest absolute Gasteiger partial charge is 0.213 e. The number of rotatable bonds is 12. The molecule has 1 aromatic carbocycles. The van der Waals surface area contributed by atoms with Crippen LogP contribution in [-0.4, -0.2) is 47.7 Å². The van der Waals surface area contributed by atoms with Crippen molar-refractivity contribution in [1.82, 2.24) is 9.88 Å². The molecule has 1 aliphatic heterocycles. The molecule has 6 nitrogen and oxygen atoms in total. The van der Waals surface area contributed by atoms with Gasteiger partial charge in [0.1, 0.15) is 17.1 Å². The Hall–Kier alpha value is -2.73. The third-order valence-electron chi connectivity index (χ3n) is 7.08. The maximum absolute atomic E-state index is 13.3. The quantitative estimate of drug-likeness (QED) is 0.310. The number of hydrogen-bond donors (Lipinski definition) is 0. The summed E-state index contributed by atoms with van der Waals surface area (Å²) in [6, 6.07) is 7.74. The minimum Gasteiger partial charge on any atom is -0.478 e. The van der Waals surface area contributed by atoms with Crippen LogP contribution in [0.25, 0.3) is 21.9 Å². The highest BCUT2D eigenvalue weighted by atomic mass is 16.5. The van der Waals surface area contributed by atoms with Crippen LogP contribution < -0.4 is 4.74 Å². The molecule has 0 spiro atoms. The van der Waals surface area contributed by atoms with Crippen molar-refractivity contribution in [3.8, 4) is 5.88 Å². The van der Waals surface area contributed by atoms with Gasteiger partial charge in [-0.25, -0.2) is 4.98 Å². The van der Waals surface area contributed by atoms with Crippen molar-refractivity contribution >= 4 is 33.4 Å². The summed E-state index contributed by atoms with van der Waals surface area (Å²) in [5, 5.41) is 1.85. The molecule has 6 heteroatoms. The van der Waals surface area contributed by atoms with E-state index in [9.17, 15) is 9.59 Å². The van der Waals surface area contributed by atoms with E-state index < -0.39 is 0 Å². The third kappa shape index (κ3) is 5.49. The number of benzene rings is 1. The Morgan fingerprint density at radius 2 is 1.97 bits per heavy atom. The van der Waals surface area contributed by atoms with Crippen molar-refractivity contribution in [1.29, 1.82) is 0 Å². The molecule has 182 valence electrons. The summed E-state index contributed by atoms with van der Waals surface area (Å²) in [6.07, 6.45) is 6.92. The molecule has 0 amide bonds. The lowest BCUT2D eigenvalue weighted by Crippen LogP contribution is -2.22. The number of likely N-dealkylation sites (tertiary alicyclic amines) is 1. The molecule has 1 saturated heterocycles. The first-order valence-electron chi connectivity index (χ1n) is 12.7. The Balaban J connectivity index is 1.58. The molecule has 0 N–H and O–H groups in total. The highest BCUT2D eigenvalue weighted by Crippen LogP contribution is 2.37. The van der Waals surface area contributed by atoms with Crippen LogP contribution in [0.3, 0.4) is 0 Å². The van der Waals surface area contributed by atoms with Gasteiger partial charge in [-0.2, -0.15) is 0 Å². The number of ketones is 2. The number of hydrogen-bond acceptors (Lipinski definition) is 6. The summed E-state index contributed by atoms with van der Waals surface area (Å²) in [4.78, 5) is 32.2. The van der Waals surface area contributed by atoms with Gasteiger partial charge < -0.3 is 18.8 Å². The van der Waals surface area contributed by atoms with E-state index in [1.54, 1.807) is 13.2 Å². The van der Waals surface area contributed by atoms with Crippen molar-refractivity contribution in [3.05, 3.63) is 36.1 Å². The second-order valence-corrected chi connectivity index (χ2v) is 9.60. The highest BCUT2D eigenvalue weighted by Gasteiger charge is 2.28. The average molecular weight is 465 g/mol. The zero-order valence-corrected chi connectivity index (χ0v) is 20.6. The standard InChI is InChI=1S/C28H36N2O4/c1-4-19(2)28(32)21(9-8-20(3)31)23-18-34-25-12-11-24-22(27(23)25)10-13-26(29-24)33-17-7-16-30-14-5-6-15-30/h10-13,18-19,21H,4-9,14-17H2,1-3H3. The van der Waals surface area contributed by atoms with E-state index in [1.165, 1.54) is 25.9 Å². The summed E-state index contributed by atoms with van der Waals surface area (Å²) in [6.45, 7) is 9.66. The minimum atomic E-state index is -0.368. The first kappa shape index (κ1) is 24.4. The number of ether oxygens (including phenoxy) is 1. The van der Waals surface area contributed by atoms with Crippen LogP contribution >= 0.6 is 0 Å². The molecule has 0 radical (unpaired) electrons. The molecule has 4 rings (SSSR count). The number of furan rings is 1. The van der Waals surface area contributed by atoms with Gasteiger partial charge in [0.25, 0.3) is 0 Å². The molecule has 0 aliphatic carbocycles. The van der Waals surface area contributed by atoms with Gasteiger partial charge in [-0.05, 0) is 70.3 Å². The Morgan fingerprint density at radius 3 is 2.71 bits per heavy atom. The van der Waals surface area contributed by atoms with E-state index in [1.807, 2.05) is 38.1 Å². The summed E-state index contributed by atoms with van der Waals surface area (Å²) in [7, 11) is 0. The van der Waals surface area contributed by atoms with Crippen LogP contribution in [0.2, 0.25) is 0 Å². The van der Waals surface area contributed by atoms with Gasteiger partial charge in [-0.15, -0.1) is 0 Å². The van der Waals surface area contributed by atoms with E-state index in [4.69, 9.17) is 14.1 Å². The number of nitrogens with zero attached hydrogens (tertiary/aromatic N) is 2. The fourth-order valence-corrected chi connectivity index (χ4v) is 4.90. The van der Waals surface area contributed by atoms with E-state index in [0.29, 0.717) is 25.3 Å². The van der Waals surface area contributed by atoms with Crippen molar-refractivity contribution in [2.75, 3.05) is 26.2 Å². The number of pyridine rings is 1. The first-order chi connectivity index (χ1) is 16.5. The largest absolute Gasteiger partial charge is 0.478 e. The first-order valence-corrected chi connectivity index (χ1v) is 12.7. The van der Waals surface area contributed by atoms with Crippen molar-refractivity contribution in [3.63, 3.8) is 0 Å². The number of carbonyl (C=O) groups excluding carboxylic acids is 2. The zero-order valence-electron chi connectivity index (χ0n) is 20.6. The molecule has 3 aromatic rings. The summed E-state index contributed by atoms with van der Waals surface area (Å²) in [5.74, 6) is 0.423. The summed E-state index contributed by atoms with van der Waals surface area (Å²) in [5.41, 5.74) is 2.40. The Bertz CT molecular complexity index is 1150. The lowest BCUT2D eigenvalue weighted by molar-refractivity contribution is -0.124. The van der Waals surface area contributed by atoms with Gasteiger partial charge in [-0.1, -0.05) is 13.8 Å². The maximum atomic E-state index is 13.3. The van der Waals surface area contributed by atoms with E-state index >= 15 is 0 Å². The van der Waals surface area contributed by atoms with Gasteiger partial charge in [0.05, 0.1) is 18.4 Å². The lowest BCUT2D eigenvalue weighted by atomic mass is 9.83. The summed E-state index contributed by atoms with van der Waals surface area (Å²) < 4.78 is 11.8. The predicted octanol–water partition coefficient (Wildman–Crippen LogP) is 5.91. The van der Waals surface area contributed by atoms with Crippen LogP contribution in [0.5, 0.6) is 5.88 Å². The Labute approximate surface area is 201 Å². The molecule has 1 fully saturated rings. The fourth-order valence-electron chi connectivity index (χ4n) is 4.90. The number of aromatic nitrogens is 1. The Kier molecular flexibility index (Phi) is 7.99. The van der Waals surface area contributed by atoms with Crippen molar-refractivity contribution in [2.24, 2.45) is 5.92 Å². The lowest BCUT2D eigenvalue weighted by Gasteiger charge is -2.18. The minimum absolute atomic E-state index is 0.0735. The molecule has 2 atom stereocenters. The molecule has 3 heterocycles. The van der Waals surface area contributed by atoms with Crippen molar-refractivity contribution < 1.29 is 18.7 Å². The molecule has 1 aliphatic rings. The monoisotopic (exact) mass is 464 g/mol. The molecule has 34 heavy (non-hydrogen) atoms. The Morgan fingerprint density at radius 1 is 1.18 bits per heavy atom. The average Bonchev–Trinajstić information content (AvgIpc) is 3.51. The van der Waals surface area contributed by atoms with Crippen LogP contribution in [-0.2, 0) is 9.59 Å². The normalized spacial score (nSPS) is 16.2. The maximum Gasteiger partial charge on any atom is 0.213 e. The molecular weight excluding hydrogens is 428 g/mol. The van der Waals surface area contributed by atoms with E-state index in [-0.39, 0.29) is 23.4 Å². The summed E-state index contributed by atoms with van der Waals surface area (Å²) >= 11 is 0. The topological polar surface area (TPSA) is 72.6 Å². The zero-order chi connectivity index (χ0) is 24.1. The molecular formula is C28H36N2O4. The van der Waals surface area contributed by atoms with Gasteiger partial charge in [0.2, 0.25) is 5.88 Å². The molecule has 0 saturated carbocycles. The third-order valence-corrected chi connectivity index (χ3v) is 7.08. The second kappa shape index (κ2) is 11.1. The van der Waals surface area contributed by atoms with Crippen LogP contribution in [0.1, 0.15) is 70.8 Å². The van der Waals surface area contributed by atoms with Gasteiger partial charge in [0, 0.05) is 47.2 Å². The van der Waals surface area contributed by atoms with Gasteiger partial charge >= 0.3 is 0 Å². The number of fused-ring (bicyclic) bond motifs is 3. The van der Waals surface area contributed by atoms with Crippen LogP contribution in [0.4, 0.5) is 0 Å². The highest BCUT2D eigenvalue weighted by molar-refractivity contribution is 6.08.